The summed E-state index contributed by atoms with van der Waals surface area (Å²) in [5.41, 5.74) is 0.856. The van der Waals surface area contributed by atoms with Crippen LogP contribution >= 0.6 is 0 Å². The summed E-state index contributed by atoms with van der Waals surface area (Å²) in [7, 11) is -3.65. The maximum absolute atomic E-state index is 12.0. The lowest BCUT2D eigenvalue weighted by atomic mass is 10.1. The number of fused-ring (bicyclic) bond motifs is 1. The molecule has 0 radical (unpaired) electrons. The monoisotopic (exact) mass is 304 g/mol. The highest BCUT2D eigenvalue weighted by Crippen LogP contribution is 2.39. The van der Waals surface area contributed by atoms with Gasteiger partial charge in [-0.05, 0) is 18.2 Å². The van der Waals surface area contributed by atoms with E-state index in [0.717, 1.165) is 5.41 Å². The molecule has 1 aliphatic rings. The van der Waals surface area contributed by atoms with Gasteiger partial charge in [-0.2, -0.15) is 0 Å². The predicted molar refractivity (Wildman–Crippen MR) is 76.9 cm³/mol. The smallest absolute Gasteiger partial charge is 0.204 e. The summed E-state index contributed by atoms with van der Waals surface area (Å²) < 4.78 is 29.5. The van der Waals surface area contributed by atoms with Gasteiger partial charge in [0.05, 0.1) is 0 Å². The van der Waals surface area contributed by atoms with Crippen LogP contribution in [0, 0.1) is 0 Å². The molecule has 2 aromatic carbocycles. The van der Waals surface area contributed by atoms with Crippen molar-refractivity contribution >= 4 is 15.4 Å². The number of benzene rings is 2. The molecule has 0 saturated carbocycles. The van der Waals surface area contributed by atoms with E-state index in [1.807, 2.05) is 0 Å². The van der Waals surface area contributed by atoms with Gasteiger partial charge in [-0.25, -0.2) is 8.42 Å². The second-order valence-corrected chi connectivity index (χ2v) is 6.33. The van der Waals surface area contributed by atoms with Crippen LogP contribution in [0.15, 0.2) is 52.8 Å². The van der Waals surface area contributed by atoms with Crippen LogP contribution in [0.3, 0.4) is 0 Å². The second kappa shape index (κ2) is 4.82. The number of hydrogen-bond acceptors (Lipinski definition) is 5. The summed E-state index contributed by atoms with van der Waals surface area (Å²) >= 11 is 0. The zero-order valence-electron chi connectivity index (χ0n) is 10.9. The van der Waals surface area contributed by atoms with E-state index < -0.39 is 9.84 Å². The molecule has 1 heterocycles. The summed E-state index contributed by atoms with van der Waals surface area (Å²) in [6.45, 7) is -0.0206. The van der Waals surface area contributed by atoms with Gasteiger partial charge in [-0.3, -0.25) is 0 Å². The van der Waals surface area contributed by atoms with Crippen molar-refractivity contribution in [2.75, 3.05) is 6.61 Å². The lowest BCUT2D eigenvalue weighted by Crippen LogP contribution is -1.99. The van der Waals surface area contributed by atoms with E-state index in [1.165, 1.54) is 12.1 Å². The average Bonchev–Trinajstić information content (AvgIpc) is 2.70. The van der Waals surface area contributed by atoms with Gasteiger partial charge in [0.15, 0.2) is 11.5 Å². The fourth-order valence-electron chi connectivity index (χ4n) is 2.23. The number of ether oxygens (including phenoxy) is 1. The van der Waals surface area contributed by atoms with E-state index in [4.69, 9.17) is 4.74 Å². The molecule has 1 aliphatic heterocycles. The first-order valence-electron chi connectivity index (χ1n) is 6.18. The Bertz CT molecular complexity index is 837. The molecular weight excluding hydrogens is 292 g/mol. The van der Waals surface area contributed by atoms with Crippen LogP contribution in [0.25, 0.3) is 5.57 Å². The molecule has 0 aliphatic carbocycles. The highest BCUT2D eigenvalue weighted by molar-refractivity contribution is 7.95. The minimum Gasteiger partial charge on any atom is -0.507 e. The van der Waals surface area contributed by atoms with Crippen molar-refractivity contribution in [3.63, 3.8) is 0 Å². The number of para-hydroxylation sites is 2. The first-order valence-corrected chi connectivity index (χ1v) is 7.72. The summed E-state index contributed by atoms with van der Waals surface area (Å²) in [6, 6.07) is 10.9. The van der Waals surface area contributed by atoms with Crippen LogP contribution in [-0.2, 0) is 9.84 Å². The number of phenols is 2. The number of hydrogen-bond donors (Lipinski definition) is 2. The molecule has 0 saturated heterocycles. The second-order valence-electron chi connectivity index (χ2n) is 4.60. The fourth-order valence-corrected chi connectivity index (χ4v) is 3.79. The lowest BCUT2D eigenvalue weighted by Gasteiger charge is -2.09. The highest BCUT2D eigenvalue weighted by atomic mass is 32.2. The van der Waals surface area contributed by atoms with Crippen molar-refractivity contribution in [3.8, 4) is 17.2 Å². The van der Waals surface area contributed by atoms with Gasteiger partial charge in [-0.1, -0.05) is 24.3 Å². The molecule has 2 N–H and O–H groups in total. The standard InChI is InChI=1S/C15H12O5S/c16-12-5-1-2-7-14(12)20-8-10-9-21(18,19)15-11(10)4-3-6-13(15)17/h1-7,9,16-17H,8H2. The number of rotatable bonds is 3. The molecule has 0 amide bonds. The maximum Gasteiger partial charge on any atom is 0.204 e. The van der Waals surface area contributed by atoms with Crippen LogP contribution in [0.2, 0.25) is 0 Å². The Labute approximate surface area is 121 Å². The maximum atomic E-state index is 12.0. The van der Waals surface area contributed by atoms with Crippen LogP contribution in [0.1, 0.15) is 5.56 Å². The van der Waals surface area contributed by atoms with Crippen LogP contribution in [0.5, 0.6) is 17.2 Å². The summed E-state index contributed by atoms with van der Waals surface area (Å²) in [5.74, 6) is -0.0270. The normalized spacial score (nSPS) is 15.3. The van der Waals surface area contributed by atoms with Crippen LogP contribution < -0.4 is 4.74 Å². The molecule has 5 nitrogen and oxygen atoms in total. The molecule has 0 atom stereocenters. The third-order valence-electron chi connectivity index (χ3n) is 3.17. The Hall–Kier alpha value is -2.47. The van der Waals surface area contributed by atoms with E-state index in [1.54, 1.807) is 30.3 Å². The molecule has 3 rings (SSSR count). The molecule has 6 heteroatoms. The highest BCUT2D eigenvalue weighted by Gasteiger charge is 2.30. The Morgan fingerprint density at radius 3 is 2.43 bits per heavy atom. The number of phenolic OH excluding ortho intramolecular Hbond substituents is 2. The average molecular weight is 304 g/mol. The zero-order valence-corrected chi connectivity index (χ0v) is 11.7. The van der Waals surface area contributed by atoms with Crippen molar-refractivity contribution in [3.05, 3.63) is 53.4 Å². The van der Waals surface area contributed by atoms with Gasteiger partial charge in [-0.15, -0.1) is 0 Å². The van der Waals surface area contributed by atoms with Gasteiger partial charge in [0.1, 0.15) is 17.3 Å². The molecular formula is C15H12O5S. The Balaban J connectivity index is 1.92. The largest absolute Gasteiger partial charge is 0.507 e. The van der Waals surface area contributed by atoms with Crippen LogP contribution in [-0.4, -0.2) is 25.2 Å². The molecule has 2 aromatic rings. The van der Waals surface area contributed by atoms with Crippen molar-refractivity contribution in [2.45, 2.75) is 4.90 Å². The molecule has 0 fully saturated rings. The van der Waals surface area contributed by atoms with Crippen molar-refractivity contribution in [2.24, 2.45) is 0 Å². The van der Waals surface area contributed by atoms with Crippen LogP contribution in [0.4, 0.5) is 0 Å². The minimum atomic E-state index is -3.65. The summed E-state index contributed by atoms with van der Waals surface area (Å²) in [5, 5.41) is 20.4. The SMILES string of the molecule is O=S1(=O)C=C(COc2ccccc2O)c2cccc(O)c21. The third-order valence-corrected chi connectivity index (χ3v) is 4.76. The molecule has 0 aromatic heterocycles. The molecule has 0 spiro atoms. The first-order chi connectivity index (χ1) is 9.99. The zero-order chi connectivity index (χ0) is 15.0. The van der Waals surface area contributed by atoms with E-state index >= 15 is 0 Å². The van der Waals surface area contributed by atoms with Crippen molar-refractivity contribution in [1.29, 1.82) is 0 Å². The number of sulfone groups is 1. The van der Waals surface area contributed by atoms with Gasteiger partial charge in [0.2, 0.25) is 9.84 Å². The summed E-state index contributed by atoms with van der Waals surface area (Å²) in [6.07, 6.45) is 0. The van der Waals surface area contributed by atoms with E-state index in [9.17, 15) is 18.6 Å². The Kier molecular flexibility index (Phi) is 3.10. The lowest BCUT2D eigenvalue weighted by molar-refractivity contribution is 0.341. The topological polar surface area (TPSA) is 83.8 Å². The Morgan fingerprint density at radius 1 is 0.952 bits per heavy atom. The van der Waals surface area contributed by atoms with Gasteiger partial charge in [0, 0.05) is 16.5 Å². The van der Waals surface area contributed by atoms with E-state index in [0.29, 0.717) is 11.1 Å². The predicted octanol–water partition coefficient (Wildman–Crippen LogP) is 2.31. The molecule has 0 unspecified atom stereocenters. The van der Waals surface area contributed by atoms with Gasteiger partial charge < -0.3 is 14.9 Å². The van der Waals surface area contributed by atoms with E-state index in [2.05, 4.69) is 0 Å². The third kappa shape index (κ3) is 2.34. The quantitative estimate of drug-likeness (QED) is 0.909. The molecule has 0 bridgehead atoms. The van der Waals surface area contributed by atoms with Crippen molar-refractivity contribution in [1.82, 2.24) is 0 Å². The first kappa shape index (κ1) is 13.5. The number of aromatic hydroxyl groups is 2. The minimum absolute atomic E-state index is 0.0184. The summed E-state index contributed by atoms with van der Waals surface area (Å²) in [4.78, 5) is -0.0964. The molecule has 21 heavy (non-hydrogen) atoms. The van der Waals surface area contributed by atoms with E-state index in [-0.39, 0.29) is 28.8 Å². The molecule has 108 valence electrons. The van der Waals surface area contributed by atoms with Gasteiger partial charge >= 0.3 is 0 Å². The van der Waals surface area contributed by atoms with Gasteiger partial charge in [0.25, 0.3) is 0 Å². The Morgan fingerprint density at radius 2 is 1.67 bits per heavy atom. The van der Waals surface area contributed by atoms with Crippen molar-refractivity contribution < 1.29 is 23.4 Å². The fraction of sp³-hybridized carbons (Fsp3) is 0.0667.